The van der Waals surface area contributed by atoms with E-state index in [1.165, 1.54) is 21.1 Å². The molecular weight excluding hydrogens is 222 g/mol. The predicted octanol–water partition coefficient (Wildman–Crippen LogP) is -0.496. The third kappa shape index (κ3) is 6.43. The molecule has 0 rings (SSSR count). The second kappa shape index (κ2) is 6.76. The van der Waals surface area contributed by atoms with Crippen LogP contribution in [0.5, 0.6) is 0 Å². The van der Waals surface area contributed by atoms with Gasteiger partial charge in [0.15, 0.2) is 0 Å². The standard InChI is InChI=1S/C8H17NO5S/c1-7(8(10)14-3)9-15(11,12)6-4-5-13-2/h7,9H,4-6H2,1-3H3. The van der Waals surface area contributed by atoms with Gasteiger partial charge in [-0.05, 0) is 13.3 Å². The molecule has 15 heavy (non-hydrogen) atoms. The zero-order valence-corrected chi connectivity index (χ0v) is 9.96. The van der Waals surface area contributed by atoms with Crippen LogP contribution in [0.3, 0.4) is 0 Å². The van der Waals surface area contributed by atoms with Gasteiger partial charge in [-0.15, -0.1) is 0 Å². The Balaban J connectivity index is 4.08. The molecule has 0 bridgehead atoms. The molecule has 6 nitrogen and oxygen atoms in total. The third-order valence-electron chi connectivity index (χ3n) is 1.67. The molecule has 0 spiro atoms. The molecule has 0 aromatic rings. The van der Waals surface area contributed by atoms with Gasteiger partial charge in [-0.1, -0.05) is 0 Å². The van der Waals surface area contributed by atoms with Crippen molar-refractivity contribution in [1.82, 2.24) is 4.72 Å². The van der Waals surface area contributed by atoms with Gasteiger partial charge in [0.2, 0.25) is 10.0 Å². The van der Waals surface area contributed by atoms with Gasteiger partial charge in [0, 0.05) is 13.7 Å². The molecule has 1 unspecified atom stereocenters. The highest BCUT2D eigenvalue weighted by Crippen LogP contribution is 1.94. The molecule has 0 fully saturated rings. The zero-order valence-electron chi connectivity index (χ0n) is 9.15. The van der Waals surface area contributed by atoms with Crippen LogP contribution in [0.1, 0.15) is 13.3 Å². The summed E-state index contributed by atoms with van der Waals surface area (Å²) >= 11 is 0. The first-order chi connectivity index (χ1) is 6.93. The van der Waals surface area contributed by atoms with Crippen LogP contribution in [0, 0.1) is 0 Å². The zero-order chi connectivity index (χ0) is 11.9. The van der Waals surface area contributed by atoms with Crippen molar-refractivity contribution >= 4 is 16.0 Å². The van der Waals surface area contributed by atoms with Crippen LogP contribution in [0.4, 0.5) is 0 Å². The summed E-state index contributed by atoms with van der Waals surface area (Å²) in [7, 11) is -0.735. The second-order valence-corrected chi connectivity index (χ2v) is 4.90. The SMILES string of the molecule is COCCCS(=O)(=O)NC(C)C(=O)OC. The maximum absolute atomic E-state index is 11.4. The molecule has 0 heterocycles. The van der Waals surface area contributed by atoms with E-state index in [-0.39, 0.29) is 5.75 Å². The molecule has 7 heteroatoms. The van der Waals surface area contributed by atoms with E-state index in [1.54, 1.807) is 0 Å². The first-order valence-corrected chi connectivity index (χ1v) is 6.15. The lowest BCUT2D eigenvalue weighted by Gasteiger charge is -2.11. The number of esters is 1. The van der Waals surface area contributed by atoms with E-state index in [1.807, 2.05) is 0 Å². The summed E-state index contributed by atoms with van der Waals surface area (Å²) < 4.78 is 34.1. The van der Waals surface area contributed by atoms with Crippen molar-refractivity contribution in [2.24, 2.45) is 0 Å². The van der Waals surface area contributed by atoms with Gasteiger partial charge < -0.3 is 9.47 Å². The maximum Gasteiger partial charge on any atom is 0.323 e. The Labute approximate surface area is 90.0 Å². The molecule has 0 saturated carbocycles. The summed E-state index contributed by atoms with van der Waals surface area (Å²) in [5.41, 5.74) is 0. The highest BCUT2D eigenvalue weighted by molar-refractivity contribution is 7.89. The minimum absolute atomic E-state index is 0.0673. The quantitative estimate of drug-likeness (QED) is 0.478. The Morgan fingerprint density at radius 3 is 2.47 bits per heavy atom. The van der Waals surface area contributed by atoms with E-state index in [4.69, 9.17) is 4.74 Å². The van der Waals surface area contributed by atoms with E-state index >= 15 is 0 Å². The fraction of sp³-hybridized carbons (Fsp3) is 0.875. The van der Waals surface area contributed by atoms with Crippen molar-refractivity contribution < 1.29 is 22.7 Å². The van der Waals surface area contributed by atoms with Gasteiger partial charge in [-0.2, -0.15) is 0 Å². The van der Waals surface area contributed by atoms with Gasteiger partial charge in [0.25, 0.3) is 0 Å². The fourth-order valence-corrected chi connectivity index (χ4v) is 2.20. The second-order valence-electron chi connectivity index (χ2n) is 3.03. The summed E-state index contributed by atoms with van der Waals surface area (Å²) in [4.78, 5) is 10.9. The molecular formula is C8H17NO5S. The molecule has 1 atom stereocenters. The van der Waals surface area contributed by atoms with Crippen LogP contribution >= 0.6 is 0 Å². The normalized spacial score (nSPS) is 13.5. The van der Waals surface area contributed by atoms with E-state index < -0.39 is 22.0 Å². The number of carbonyl (C=O) groups excluding carboxylic acids is 1. The lowest BCUT2D eigenvalue weighted by Crippen LogP contribution is -2.40. The minimum atomic E-state index is -3.44. The molecule has 0 aliphatic carbocycles. The fourth-order valence-electron chi connectivity index (χ4n) is 0.946. The smallest absolute Gasteiger partial charge is 0.323 e. The van der Waals surface area contributed by atoms with E-state index in [9.17, 15) is 13.2 Å². The van der Waals surface area contributed by atoms with Crippen LogP contribution in [0.15, 0.2) is 0 Å². The number of rotatable bonds is 7. The van der Waals surface area contributed by atoms with E-state index in [2.05, 4.69) is 9.46 Å². The first-order valence-electron chi connectivity index (χ1n) is 4.49. The Hall–Kier alpha value is -0.660. The van der Waals surface area contributed by atoms with Crippen LogP contribution in [0.25, 0.3) is 0 Å². The Bertz CT molecular complexity index is 287. The summed E-state index contributed by atoms with van der Waals surface area (Å²) in [6.07, 6.45) is 0.389. The van der Waals surface area contributed by atoms with Crippen molar-refractivity contribution in [2.45, 2.75) is 19.4 Å². The summed E-state index contributed by atoms with van der Waals surface area (Å²) in [5.74, 6) is -0.673. The van der Waals surface area contributed by atoms with Crippen molar-refractivity contribution in [3.8, 4) is 0 Å². The van der Waals surface area contributed by atoms with E-state index in [0.29, 0.717) is 13.0 Å². The van der Waals surface area contributed by atoms with Crippen LogP contribution < -0.4 is 4.72 Å². The number of nitrogens with one attached hydrogen (secondary N) is 1. The first kappa shape index (κ1) is 14.3. The summed E-state index contributed by atoms with van der Waals surface area (Å²) in [6, 6.07) is -0.859. The average molecular weight is 239 g/mol. The Morgan fingerprint density at radius 1 is 1.40 bits per heavy atom. The number of hydrogen-bond acceptors (Lipinski definition) is 5. The highest BCUT2D eigenvalue weighted by Gasteiger charge is 2.19. The maximum atomic E-state index is 11.4. The molecule has 0 aliphatic rings. The Kier molecular flexibility index (Phi) is 6.46. The van der Waals surface area contributed by atoms with Crippen molar-refractivity contribution in [3.05, 3.63) is 0 Å². The van der Waals surface area contributed by atoms with Crippen molar-refractivity contribution in [1.29, 1.82) is 0 Å². The van der Waals surface area contributed by atoms with Crippen LogP contribution in [0.2, 0.25) is 0 Å². The molecule has 0 aromatic heterocycles. The molecule has 0 amide bonds. The molecule has 90 valence electrons. The largest absolute Gasteiger partial charge is 0.468 e. The van der Waals surface area contributed by atoms with E-state index in [0.717, 1.165) is 0 Å². The molecule has 0 radical (unpaired) electrons. The lowest BCUT2D eigenvalue weighted by molar-refractivity contribution is -0.142. The molecule has 0 aromatic carbocycles. The molecule has 0 saturated heterocycles. The summed E-state index contributed by atoms with van der Waals surface area (Å²) in [6.45, 7) is 1.80. The van der Waals surface area contributed by atoms with Gasteiger partial charge in [0.1, 0.15) is 6.04 Å². The molecule has 0 aliphatic heterocycles. The van der Waals surface area contributed by atoms with Gasteiger partial charge in [0.05, 0.1) is 12.9 Å². The van der Waals surface area contributed by atoms with Crippen LogP contribution in [-0.4, -0.2) is 47.0 Å². The third-order valence-corrected chi connectivity index (χ3v) is 3.21. The predicted molar refractivity (Wildman–Crippen MR) is 54.9 cm³/mol. The number of methoxy groups -OCH3 is 2. The van der Waals surface area contributed by atoms with Gasteiger partial charge >= 0.3 is 5.97 Å². The highest BCUT2D eigenvalue weighted by atomic mass is 32.2. The Morgan fingerprint density at radius 2 is 2.00 bits per heavy atom. The van der Waals surface area contributed by atoms with Gasteiger partial charge in [-0.3, -0.25) is 4.79 Å². The number of carbonyl (C=O) groups is 1. The van der Waals surface area contributed by atoms with Crippen LogP contribution in [-0.2, 0) is 24.3 Å². The topological polar surface area (TPSA) is 81.7 Å². The average Bonchev–Trinajstić information content (AvgIpc) is 2.16. The number of sulfonamides is 1. The van der Waals surface area contributed by atoms with Crippen molar-refractivity contribution in [3.63, 3.8) is 0 Å². The van der Waals surface area contributed by atoms with Gasteiger partial charge in [-0.25, -0.2) is 13.1 Å². The van der Waals surface area contributed by atoms with Crippen molar-refractivity contribution in [2.75, 3.05) is 26.6 Å². The lowest BCUT2D eigenvalue weighted by atomic mass is 10.4. The number of hydrogen-bond donors (Lipinski definition) is 1. The number of ether oxygens (including phenoxy) is 2. The monoisotopic (exact) mass is 239 g/mol. The molecule has 1 N–H and O–H groups in total. The summed E-state index contributed by atoms with van der Waals surface area (Å²) in [5, 5.41) is 0. The minimum Gasteiger partial charge on any atom is -0.468 e.